The maximum atomic E-state index is 12.1. The summed E-state index contributed by atoms with van der Waals surface area (Å²) in [7, 11) is 0. The number of hydrogen-bond donors (Lipinski definition) is 0. The number of pyridine rings is 1. The van der Waals surface area contributed by atoms with Crippen LogP contribution in [0.25, 0.3) is 5.69 Å². The molecular formula is C7H4F3N5. The smallest absolute Gasteiger partial charge is 0.262 e. The van der Waals surface area contributed by atoms with Crippen LogP contribution in [0, 0.1) is 0 Å². The summed E-state index contributed by atoms with van der Waals surface area (Å²) in [6.07, 6.45) is -1.76. The van der Waals surface area contributed by atoms with Crippen molar-refractivity contribution in [2.45, 2.75) is 6.18 Å². The quantitative estimate of drug-likeness (QED) is 0.714. The van der Waals surface area contributed by atoms with Gasteiger partial charge < -0.3 is 0 Å². The molecule has 15 heavy (non-hydrogen) atoms. The van der Waals surface area contributed by atoms with Gasteiger partial charge >= 0.3 is 6.18 Å². The van der Waals surface area contributed by atoms with Crippen molar-refractivity contribution in [3.8, 4) is 5.69 Å². The first-order valence-electron chi connectivity index (χ1n) is 3.85. The van der Waals surface area contributed by atoms with E-state index >= 15 is 0 Å². The van der Waals surface area contributed by atoms with Gasteiger partial charge in [-0.25, -0.2) is 0 Å². The summed E-state index contributed by atoms with van der Waals surface area (Å²) in [5.74, 6) is -1.27. The first-order chi connectivity index (χ1) is 7.07. The van der Waals surface area contributed by atoms with E-state index in [2.05, 4.69) is 20.4 Å². The van der Waals surface area contributed by atoms with E-state index in [0.717, 1.165) is 4.80 Å². The minimum absolute atomic E-state index is 0.320. The van der Waals surface area contributed by atoms with E-state index in [9.17, 15) is 13.2 Å². The Kier molecular flexibility index (Phi) is 2.10. The van der Waals surface area contributed by atoms with Crippen LogP contribution in [0.2, 0.25) is 0 Å². The summed E-state index contributed by atoms with van der Waals surface area (Å²) in [6, 6.07) is 3.08. The highest BCUT2D eigenvalue weighted by Gasteiger charge is 2.36. The average Bonchev–Trinajstić information content (AvgIpc) is 2.67. The van der Waals surface area contributed by atoms with Gasteiger partial charge in [0.25, 0.3) is 5.82 Å². The number of aromatic nitrogens is 5. The highest BCUT2D eigenvalue weighted by molar-refractivity contribution is 5.23. The Morgan fingerprint density at radius 2 is 2.07 bits per heavy atom. The van der Waals surface area contributed by atoms with E-state index in [-0.39, 0.29) is 0 Å². The molecule has 2 rings (SSSR count). The van der Waals surface area contributed by atoms with Gasteiger partial charge in [-0.3, -0.25) is 4.98 Å². The Bertz CT molecular complexity index is 449. The molecule has 0 aliphatic heterocycles. The van der Waals surface area contributed by atoms with Crippen molar-refractivity contribution in [3.63, 3.8) is 0 Å². The summed E-state index contributed by atoms with van der Waals surface area (Å²) >= 11 is 0. The molecule has 0 aromatic carbocycles. The molecule has 2 heterocycles. The molecule has 0 radical (unpaired) electrons. The predicted octanol–water partition coefficient (Wildman–Crippen LogP) is 1.08. The van der Waals surface area contributed by atoms with Crippen LogP contribution in [0.4, 0.5) is 13.2 Å². The molecule has 0 unspecified atom stereocenters. The Balaban J connectivity index is 2.37. The van der Waals surface area contributed by atoms with E-state index in [4.69, 9.17) is 0 Å². The normalized spacial score (nSPS) is 11.7. The minimum Gasteiger partial charge on any atom is -0.262 e. The third-order valence-electron chi connectivity index (χ3n) is 1.54. The van der Waals surface area contributed by atoms with Gasteiger partial charge in [0.05, 0.1) is 6.20 Å². The molecule has 2 aromatic heterocycles. The summed E-state index contributed by atoms with van der Waals surface area (Å²) in [5.41, 5.74) is 0.320. The monoisotopic (exact) mass is 215 g/mol. The zero-order chi connectivity index (χ0) is 10.9. The highest BCUT2D eigenvalue weighted by atomic mass is 19.4. The number of hydrogen-bond acceptors (Lipinski definition) is 4. The molecule has 78 valence electrons. The van der Waals surface area contributed by atoms with Crippen LogP contribution in [0.3, 0.4) is 0 Å². The highest BCUT2D eigenvalue weighted by Crippen LogP contribution is 2.25. The van der Waals surface area contributed by atoms with E-state index in [1.807, 2.05) is 0 Å². The minimum atomic E-state index is -4.58. The maximum absolute atomic E-state index is 12.1. The van der Waals surface area contributed by atoms with Crippen LogP contribution in [0.1, 0.15) is 5.82 Å². The lowest BCUT2D eigenvalue weighted by atomic mass is 10.4. The van der Waals surface area contributed by atoms with Gasteiger partial charge in [-0.05, 0) is 17.3 Å². The van der Waals surface area contributed by atoms with Crippen LogP contribution in [0.5, 0.6) is 0 Å². The fourth-order valence-corrected chi connectivity index (χ4v) is 0.909. The third kappa shape index (κ3) is 1.92. The second kappa shape index (κ2) is 3.30. The van der Waals surface area contributed by atoms with Crippen LogP contribution < -0.4 is 0 Å². The van der Waals surface area contributed by atoms with Crippen molar-refractivity contribution in [1.29, 1.82) is 0 Å². The maximum Gasteiger partial charge on any atom is 0.455 e. The largest absolute Gasteiger partial charge is 0.455 e. The molecule has 0 atom stereocenters. The summed E-state index contributed by atoms with van der Waals surface area (Å²) in [4.78, 5) is 4.50. The Morgan fingerprint density at radius 1 is 1.27 bits per heavy atom. The van der Waals surface area contributed by atoms with Crippen LogP contribution >= 0.6 is 0 Å². The molecule has 0 amide bonds. The van der Waals surface area contributed by atoms with E-state index in [0.29, 0.717) is 5.69 Å². The van der Waals surface area contributed by atoms with E-state index < -0.39 is 12.0 Å². The molecule has 0 saturated heterocycles. The fraction of sp³-hybridized carbons (Fsp3) is 0.143. The second-order valence-corrected chi connectivity index (χ2v) is 2.61. The molecule has 8 heteroatoms. The summed E-state index contributed by atoms with van der Waals surface area (Å²) in [5, 5.41) is 9.34. The molecule has 0 N–H and O–H groups in total. The number of nitrogens with zero attached hydrogens (tertiary/aromatic N) is 5. The van der Waals surface area contributed by atoms with Gasteiger partial charge in [-0.2, -0.15) is 13.2 Å². The zero-order valence-electron chi connectivity index (χ0n) is 7.18. The lowest BCUT2D eigenvalue weighted by Gasteiger charge is -1.97. The van der Waals surface area contributed by atoms with Crippen LogP contribution in [-0.4, -0.2) is 25.2 Å². The molecule has 0 saturated carbocycles. The first kappa shape index (κ1) is 9.56. The van der Waals surface area contributed by atoms with E-state index in [1.54, 1.807) is 6.07 Å². The molecule has 0 spiro atoms. The Hall–Kier alpha value is -1.99. The number of alkyl halides is 3. The number of halogens is 3. The van der Waals surface area contributed by atoms with Gasteiger partial charge in [0.15, 0.2) is 0 Å². The topological polar surface area (TPSA) is 56.5 Å². The lowest BCUT2D eigenvalue weighted by Crippen LogP contribution is -2.08. The van der Waals surface area contributed by atoms with Crippen molar-refractivity contribution >= 4 is 0 Å². The second-order valence-electron chi connectivity index (χ2n) is 2.61. The van der Waals surface area contributed by atoms with Crippen molar-refractivity contribution < 1.29 is 13.2 Å². The molecule has 0 bridgehead atoms. The standard InChI is InChI=1S/C7H4F3N5/c8-7(9,10)6-12-14-15(13-6)5-2-1-3-11-4-5/h1-4H. The zero-order valence-corrected chi connectivity index (χ0v) is 7.18. The van der Waals surface area contributed by atoms with Gasteiger partial charge in [0, 0.05) is 6.20 Å². The van der Waals surface area contributed by atoms with Crippen LogP contribution in [0.15, 0.2) is 24.5 Å². The molecule has 0 fully saturated rings. The van der Waals surface area contributed by atoms with E-state index in [1.165, 1.54) is 18.5 Å². The van der Waals surface area contributed by atoms with Crippen molar-refractivity contribution in [1.82, 2.24) is 25.2 Å². The lowest BCUT2D eigenvalue weighted by molar-refractivity contribution is -0.145. The van der Waals surface area contributed by atoms with Crippen molar-refractivity contribution in [3.05, 3.63) is 30.4 Å². The van der Waals surface area contributed by atoms with Crippen molar-refractivity contribution in [2.24, 2.45) is 0 Å². The Labute approximate surface area is 81.6 Å². The third-order valence-corrected chi connectivity index (χ3v) is 1.54. The SMILES string of the molecule is FC(F)(F)c1nnn(-c2cccnc2)n1. The fourth-order valence-electron chi connectivity index (χ4n) is 0.909. The summed E-state index contributed by atoms with van der Waals surface area (Å²) in [6.45, 7) is 0. The van der Waals surface area contributed by atoms with Gasteiger partial charge in [-0.15, -0.1) is 15.0 Å². The summed E-state index contributed by atoms with van der Waals surface area (Å²) < 4.78 is 36.4. The first-order valence-corrected chi connectivity index (χ1v) is 3.85. The van der Waals surface area contributed by atoms with Gasteiger partial charge in [0.2, 0.25) is 0 Å². The molecule has 0 aliphatic carbocycles. The van der Waals surface area contributed by atoms with Gasteiger partial charge in [-0.1, -0.05) is 0 Å². The average molecular weight is 215 g/mol. The number of rotatable bonds is 1. The van der Waals surface area contributed by atoms with Crippen LogP contribution in [-0.2, 0) is 6.18 Å². The number of tetrazole rings is 1. The Morgan fingerprint density at radius 3 is 2.60 bits per heavy atom. The van der Waals surface area contributed by atoms with Crippen molar-refractivity contribution in [2.75, 3.05) is 0 Å². The van der Waals surface area contributed by atoms with Gasteiger partial charge in [0.1, 0.15) is 5.69 Å². The predicted molar refractivity (Wildman–Crippen MR) is 42.0 cm³/mol. The molecular weight excluding hydrogens is 211 g/mol. The molecule has 0 aliphatic rings. The molecule has 2 aromatic rings. The molecule has 5 nitrogen and oxygen atoms in total.